The predicted octanol–water partition coefficient (Wildman–Crippen LogP) is 1.19. The van der Waals surface area contributed by atoms with Gasteiger partial charge in [-0.1, -0.05) is 5.16 Å². The van der Waals surface area contributed by atoms with Gasteiger partial charge in [0.15, 0.2) is 5.82 Å². The Labute approximate surface area is 77.9 Å². The Morgan fingerprint density at radius 2 is 2.08 bits per heavy atom. The number of rotatable bonds is 1. The van der Waals surface area contributed by atoms with E-state index in [4.69, 9.17) is 4.52 Å². The Morgan fingerprint density at radius 1 is 1.38 bits per heavy atom. The SMILES string of the molecule is Cc1nc(C2CCN(C)CC2)no1. The first-order valence-electron chi connectivity index (χ1n) is 4.74. The maximum Gasteiger partial charge on any atom is 0.223 e. The zero-order chi connectivity index (χ0) is 9.26. The third-order valence-electron chi connectivity index (χ3n) is 2.63. The average Bonchev–Trinajstić information content (AvgIpc) is 2.53. The van der Waals surface area contributed by atoms with Crippen LogP contribution in [0, 0.1) is 6.92 Å². The molecule has 0 saturated carbocycles. The minimum absolute atomic E-state index is 0.508. The second kappa shape index (κ2) is 3.46. The molecule has 0 aliphatic carbocycles. The molecule has 13 heavy (non-hydrogen) atoms. The molecule has 0 atom stereocenters. The zero-order valence-electron chi connectivity index (χ0n) is 8.16. The highest BCUT2D eigenvalue weighted by Crippen LogP contribution is 2.24. The Balaban J connectivity index is 2.02. The summed E-state index contributed by atoms with van der Waals surface area (Å²) in [5, 5.41) is 3.96. The van der Waals surface area contributed by atoms with Crippen molar-refractivity contribution in [1.82, 2.24) is 15.0 Å². The highest BCUT2D eigenvalue weighted by molar-refractivity contribution is 4.96. The van der Waals surface area contributed by atoms with Crippen LogP contribution in [0.5, 0.6) is 0 Å². The molecule has 0 amide bonds. The summed E-state index contributed by atoms with van der Waals surface area (Å²) in [6.07, 6.45) is 2.30. The summed E-state index contributed by atoms with van der Waals surface area (Å²) in [6.45, 7) is 4.11. The second-order valence-electron chi connectivity index (χ2n) is 3.75. The number of hydrogen-bond acceptors (Lipinski definition) is 4. The Kier molecular flexibility index (Phi) is 2.31. The molecule has 1 aromatic heterocycles. The number of likely N-dealkylation sites (tertiary alicyclic amines) is 1. The fourth-order valence-corrected chi connectivity index (χ4v) is 1.75. The molecule has 0 bridgehead atoms. The van der Waals surface area contributed by atoms with E-state index in [1.165, 1.54) is 0 Å². The Hall–Kier alpha value is -0.900. The quantitative estimate of drug-likeness (QED) is 0.652. The molecule has 1 aliphatic rings. The number of aromatic nitrogens is 2. The molecule has 1 aliphatic heterocycles. The van der Waals surface area contributed by atoms with Crippen LogP contribution >= 0.6 is 0 Å². The van der Waals surface area contributed by atoms with Crippen molar-refractivity contribution in [1.29, 1.82) is 0 Å². The molecule has 0 unspecified atom stereocenters. The van der Waals surface area contributed by atoms with E-state index in [1.807, 2.05) is 6.92 Å². The maximum atomic E-state index is 4.97. The lowest BCUT2D eigenvalue weighted by Crippen LogP contribution is -2.29. The van der Waals surface area contributed by atoms with Crippen molar-refractivity contribution in [2.24, 2.45) is 0 Å². The van der Waals surface area contributed by atoms with E-state index in [1.54, 1.807) is 0 Å². The molecule has 0 radical (unpaired) electrons. The molecule has 0 N–H and O–H groups in total. The molecule has 4 nitrogen and oxygen atoms in total. The fraction of sp³-hybridized carbons (Fsp3) is 0.778. The van der Waals surface area contributed by atoms with Gasteiger partial charge >= 0.3 is 0 Å². The predicted molar refractivity (Wildman–Crippen MR) is 48.5 cm³/mol. The molecule has 2 rings (SSSR count). The standard InChI is InChI=1S/C9H15N3O/c1-7-10-9(11-13-7)8-3-5-12(2)6-4-8/h8H,3-6H2,1-2H3. The lowest BCUT2D eigenvalue weighted by molar-refractivity contribution is 0.248. The second-order valence-corrected chi connectivity index (χ2v) is 3.75. The van der Waals surface area contributed by atoms with E-state index in [0.29, 0.717) is 11.8 Å². The highest BCUT2D eigenvalue weighted by atomic mass is 16.5. The van der Waals surface area contributed by atoms with Gasteiger partial charge in [-0.05, 0) is 33.0 Å². The molecule has 1 fully saturated rings. The normalized spacial score (nSPS) is 20.8. The van der Waals surface area contributed by atoms with Gasteiger partial charge in [0.2, 0.25) is 5.89 Å². The monoisotopic (exact) mass is 181 g/mol. The van der Waals surface area contributed by atoms with Gasteiger partial charge in [0.1, 0.15) is 0 Å². The van der Waals surface area contributed by atoms with Gasteiger partial charge in [-0.2, -0.15) is 4.98 Å². The summed E-state index contributed by atoms with van der Waals surface area (Å²) in [7, 11) is 2.15. The van der Waals surface area contributed by atoms with Gasteiger partial charge in [0, 0.05) is 12.8 Å². The summed E-state index contributed by atoms with van der Waals surface area (Å²) in [6, 6.07) is 0. The van der Waals surface area contributed by atoms with Crippen molar-refractivity contribution in [2.45, 2.75) is 25.7 Å². The molecule has 1 saturated heterocycles. The average molecular weight is 181 g/mol. The molecular weight excluding hydrogens is 166 g/mol. The summed E-state index contributed by atoms with van der Waals surface area (Å²) in [5.74, 6) is 2.08. The van der Waals surface area contributed by atoms with Crippen LogP contribution in [0.15, 0.2) is 4.52 Å². The van der Waals surface area contributed by atoms with Crippen molar-refractivity contribution in [3.05, 3.63) is 11.7 Å². The van der Waals surface area contributed by atoms with Gasteiger partial charge in [0.25, 0.3) is 0 Å². The first kappa shape index (κ1) is 8.69. The largest absolute Gasteiger partial charge is 0.340 e. The van der Waals surface area contributed by atoms with Crippen LogP contribution in [0.3, 0.4) is 0 Å². The van der Waals surface area contributed by atoms with Crippen molar-refractivity contribution < 1.29 is 4.52 Å². The minimum Gasteiger partial charge on any atom is -0.340 e. The Morgan fingerprint density at radius 3 is 2.62 bits per heavy atom. The number of aryl methyl sites for hydroxylation is 1. The Bertz CT molecular complexity index is 276. The van der Waals surface area contributed by atoms with Crippen LogP contribution in [0.1, 0.15) is 30.5 Å². The highest BCUT2D eigenvalue weighted by Gasteiger charge is 2.22. The molecule has 4 heteroatoms. The van der Waals surface area contributed by atoms with Crippen molar-refractivity contribution >= 4 is 0 Å². The van der Waals surface area contributed by atoms with Gasteiger partial charge in [-0.25, -0.2) is 0 Å². The van der Waals surface area contributed by atoms with Gasteiger partial charge in [0.05, 0.1) is 0 Å². The third-order valence-corrected chi connectivity index (χ3v) is 2.63. The van der Waals surface area contributed by atoms with Gasteiger partial charge < -0.3 is 9.42 Å². The van der Waals surface area contributed by atoms with Crippen LogP contribution in [0.2, 0.25) is 0 Å². The van der Waals surface area contributed by atoms with E-state index in [0.717, 1.165) is 31.8 Å². The zero-order valence-corrected chi connectivity index (χ0v) is 8.16. The van der Waals surface area contributed by atoms with Crippen molar-refractivity contribution in [2.75, 3.05) is 20.1 Å². The first-order valence-corrected chi connectivity index (χ1v) is 4.74. The van der Waals surface area contributed by atoms with Crippen LogP contribution in [-0.2, 0) is 0 Å². The summed E-state index contributed by atoms with van der Waals surface area (Å²) in [5.41, 5.74) is 0. The fourth-order valence-electron chi connectivity index (χ4n) is 1.75. The summed E-state index contributed by atoms with van der Waals surface area (Å²) < 4.78 is 4.97. The van der Waals surface area contributed by atoms with Gasteiger partial charge in [-0.15, -0.1) is 0 Å². The smallest absolute Gasteiger partial charge is 0.223 e. The van der Waals surface area contributed by atoms with Crippen LogP contribution in [0.4, 0.5) is 0 Å². The van der Waals surface area contributed by atoms with Crippen molar-refractivity contribution in [3.63, 3.8) is 0 Å². The van der Waals surface area contributed by atoms with E-state index in [-0.39, 0.29) is 0 Å². The number of nitrogens with zero attached hydrogens (tertiary/aromatic N) is 3. The number of piperidine rings is 1. The molecular formula is C9H15N3O. The first-order chi connectivity index (χ1) is 6.25. The molecule has 1 aromatic rings. The summed E-state index contributed by atoms with van der Waals surface area (Å²) >= 11 is 0. The summed E-state index contributed by atoms with van der Waals surface area (Å²) in [4.78, 5) is 6.60. The van der Waals surface area contributed by atoms with E-state index < -0.39 is 0 Å². The molecule has 2 heterocycles. The van der Waals surface area contributed by atoms with Gasteiger partial charge in [-0.3, -0.25) is 0 Å². The molecule has 0 aromatic carbocycles. The third kappa shape index (κ3) is 1.88. The van der Waals surface area contributed by atoms with E-state index in [2.05, 4.69) is 22.1 Å². The maximum absolute atomic E-state index is 4.97. The van der Waals surface area contributed by atoms with Crippen molar-refractivity contribution in [3.8, 4) is 0 Å². The molecule has 0 spiro atoms. The van der Waals surface area contributed by atoms with Crippen LogP contribution in [0.25, 0.3) is 0 Å². The van der Waals surface area contributed by atoms with E-state index >= 15 is 0 Å². The van der Waals surface area contributed by atoms with E-state index in [9.17, 15) is 0 Å². The van der Waals surface area contributed by atoms with Crippen LogP contribution < -0.4 is 0 Å². The molecule has 72 valence electrons. The van der Waals surface area contributed by atoms with Crippen LogP contribution in [-0.4, -0.2) is 35.2 Å². The number of hydrogen-bond donors (Lipinski definition) is 0. The lowest BCUT2D eigenvalue weighted by Gasteiger charge is -2.26. The topological polar surface area (TPSA) is 42.2 Å². The minimum atomic E-state index is 0.508. The lowest BCUT2D eigenvalue weighted by atomic mass is 9.97.